The van der Waals surface area contributed by atoms with Gasteiger partial charge in [-0.25, -0.2) is 9.54 Å². The summed E-state index contributed by atoms with van der Waals surface area (Å²) in [4.78, 5) is 9.79. The fourth-order valence-corrected chi connectivity index (χ4v) is 5.21. The predicted molar refractivity (Wildman–Crippen MR) is 127 cm³/mol. The summed E-state index contributed by atoms with van der Waals surface area (Å²) in [6.07, 6.45) is 1.69. The van der Waals surface area contributed by atoms with Crippen molar-refractivity contribution >= 4 is 10.8 Å². The van der Waals surface area contributed by atoms with Crippen LogP contribution in [0.3, 0.4) is 0 Å². The molecule has 0 radical (unpaired) electrons. The van der Waals surface area contributed by atoms with Crippen molar-refractivity contribution < 1.29 is 13.5 Å². The Bertz CT molecular complexity index is 1240. The summed E-state index contributed by atoms with van der Waals surface area (Å²) in [5.74, 6) is 0.730. The molecule has 0 saturated carbocycles. The van der Waals surface area contributed by atoms with Crippen LogP contribution in [0.2, 0.25) is 0 Å². The maximum absolute atomic E-state index is 10.9. The zero-order chi connectivity index (χ0) is 22.8. The second kappa shape index (κ2) is 9.00. The highest BCUT2D eigenvalue weighted by atomic mass is 32.3. The molecule has 9 nitrogen and oxygen atoms in total. The summed E-state index contributed by atoms with van der Waals surface area (Å²) in [6.45, 7) is 4.70. The van der Waals surface area contributed by atoms with Crippen molar-refractivity contribution in [3.05, 3.63) is 66.5 Å². The van der Waals surface area contributed by atoms with Gasteiger partial charge in [-0.05, 0) is 42.0 Å². The number of hydrogen-bond acceptors (Lipinski definition) is 8. The van der Waals surface area contributed by atoms with Crippen molar-refractivity contribution in [2.24, 2.45) is 0 Å². The number of rotatable bonds is 5. The molecular formula is C23H25N6O3S+. The highest BCUT2D eigenvalue weighted by molar-refractivity contribution is 8.22. The maximum Gasteiger partial charge on any atom is 0.268 e. The van der Waals surface area contributed by atoms with Gasteiger partial charge in [0.25, 0.3) is 5.89 Å². The molecule has 1 fully saturated rings. The molecule has 33 heavy (non-hydrogen) atoms. The van der Waals surface area contributed by atoms with Crippen molar-refractivity contribution in [3.63, 3.8) is 0 Å². The largest absolute Gasteiger partial charge is 0.415 e. The Kier molecular flexibility index (Phi) is 5.92. The fraction of sp³-hybridized carbons (Fsp3) is 0.217. The third-order valence-corrected chi connectivity index (χ3v) is 7.57. The third kappa shape index (κ3) is 4.39. The molecule has 0 bridgehead atoms. The molecular weight excluding hydrogens is 440 g/mol. The number of aryl methyl sites for hydroxylation is 1. The van der Waals surface area contributed by atoms with Crippen LogP contribution in [-0.4, -0.2) is 59.8 Å². The van der Waals surface area contributed by atoms with Gasteiger partial charge in [0, 0.05) is 37.3 Å². The Labute approximate surface area is 193 Å². The Morgan fingerprint density at radius 2 is 1.67 bits per heavy atom. The summed E-state index contributed by atoms with van der Waals surface area (Å²) in [5, 5.41) is 11.6. The van der Waals surface area contributed by atoms with Crippen LogP contribution in [0.25, 0.3) is 34.3 Å². The van der Waals surface area contributed by atoms with E-state index in [1.54, 1.807) is 18.3 Å². The topological polar surface area (TPSA) is 123 Å². The van der Waals surface area contributed by atoms with Crippen molar-refractivity contribution in [2.45, 2.75) is 11.8 Å². The fourth-order valence-electron chi connectivity index (χ4n) is 3.68. The summed E-state index contributed by atoms with van der Waals surface area (Å²) in [5.41, 5.74) is 3.51. The summed E-state index contributed by atoms with van der Waals surface area (Å²) >= 11 is 0. The molecule has 4 N–H and O–H groups in total. The second-order valence-electron chi connectivity index (χ2n) is 7.72. The zero-order valence-electron chi connectivity index (χ0n) is 18.1. The lowest BCUT2D eigenvalue weighted by atomic mass is 10.1. The molecule has 1 unspecified atom stereocenters. The summed E-state index contributed by atoms with van der Waals surface area (Å²) < 4.78 is 27.2. The number of piperazine rings is 1. The van der Waals surface area contributed by atoms with Gasteiger partial charge < -0.3 is 14.3 Å². The smallest absolute Gasteiger partial charge is 0.268 e. The highest BCUT2D eigenvalue weighted by Crippen LogP contribution is 2.51. The lowest BCUT2D eigenvalue weighted by molar-refractivity contribution is 0.315. The van der Waals surface area contributed by atoms with E-state index in [-0.39, 0.29) is 0 Å². The molecule has 0 spiro atoms. The highest BCUT2D eigenvalue weighted by Gasteiger charge is 2.30. The Morgan fingerprint density at radius 3 is 2.39 bits per heavy atom. The zero-order valence-corrected chi connectivity index (χ0v) is 18.9. The van der Waals surface area contributed by atoms with E-state index in [0.29, 0.717) is 46.8 Å². The van der Waals surface area contributed by atoms with E-state index in [0.717, 1.165) is 24.2 Å². The van der Waals surface area contributed by atoms with Gasteiger partial charge in [-0.1, -0.05) is 30.3 Å². The van der Waals surface area contributed by atoms with E-state index in [9.17, 15) is 4.55 Å². The molecule has 10 heteroatoms. The van der Waals surface area contributed by atoms with E-state index in [1.807, 2.05) is 53.7 Å². The number of aromatic nitrogens is 4. The standard InChI is InChI=1S/C23H24N6O3S/c1-16-21(23-28-27-22(32-23)18-5-3-2-4-6-18)26-20(15-25-16)17-7-9-19(10-8-17)33(30,31)29-13-11-24-12-14-29/h2-10,15,24,30-31H,11-14H2,1H3/p+1. The monoisotopic (exact) mass is 465 g/mol. The van der Waals surface area contributed by atoms with Gasteiger partial charge in [0.15, 0.2) is 0 Å². The SMILES string of the molecule is Cc1ncc(-c2ccc(S(O)([OH2+])N3CCNCC3)cc2)nc1-c1nnc(-c2ccccc2)o1. The van der Waals surface area contributed by atoms with Crippen LogP contribution in [0.5, 0.6) is 0 Å². The third-order valence-electron chi connectivity index (χ3n) is 5.53. The second-order valence-corrected chi connectivity index (χ2v) is 9.81. The number of hydrogen-bond donors (Lipinski definition) is 2. The van der Waals surface area contributed by atoms with Crippen molar-refractivity contribution in [2.75, 3.05) is 26.2 Å². The van der Waals surface area contributed by atoms with Gasteiger partial charge in [0.05, 0.1) is 17.6 Å². The molecule has 1 atom stereocenters. The number of benzene rings is 2. The molecule has 1 aliphatic heterocycles. The van der Waals surface area contributed by atoms with Crippen LogP contribution in [0.1, 0.15) is 5.69 Å². The minimum absolute atomic E-state index is 0.306. The van der Waals surface area contributed by atoms with Gasteiger partial charge in [-0.2, -0.15) is 4.31 Å². The number of nitrogens with zero attached hydrogens (tertiary/aromatic N) is 5. The van der Waals surface area contributed by atoms with E-state index in [2.05, 4.69) is 20.5 Å². The summed E-state index contributed by atoms with van der Waals surface area (Å²) in [6, 6.07) is 16.9. The first-order valence-electron chi connectivity index (χ1n) is 10.6. The molecule has 0 aliphatic carbocycles. The van der Waals surface area contributed by atoms with Crippen LogP contribution in [0.15, 0.2) is 70.1 Å². The predicted octanol–water partition coefficient (Wildman–Crippen LogP) is 3.27. The molecule has 170 valence electrons. The average Bonchev–Trinajstić information content (AvgIpc) is 3.36. The van der Waals surface area contributed by atoms with Gasteiger partial charge in [0.2, 0.25) is 5.89 Å². The molecule has 1 aliphatic rings. The van der Waals surface area contributed by atoms with Crippen LogP contribution in [-0.2, 0) is 0 Å². The first kappa shape index (κ1) is 21.7. The Morgan fingerprint density at radius 1 is 0.970 bits per heavy atom. The van der Waals surface area contributed by atoms with E-state index in [1.165, 1.54) is 0 Å². The number of nitrogens with one attached hydrogen (secondary N) is 1. The van der Waals surface area contributed by atoms with E-state index in [4.69, 9.17) is 14.0 Å². The molecule has 4 aromatic rings. The molecule has 2 aromatic heterocycles. The van der Waals surface area contributed by atoms with Crippen molar-refractivity contribution in [1.29, 1.82) is 0 Å². The normalized spacial score (nSPS) is 17.4. The lowest BCUT2D eigenvalue weighted by Gasteiger charge is -2.40. The quantitative estimate of drug-likeness (QED) is 0.431. The maximum atomic E-state index is 10.9. The van der Waals surface area contributed by atoms with Crippen molar-refractivity contribution in [3.8, 4) is 34.3 Å². The van der Waals surface area contributed by atoms with Crippen LogP contribution >= 0.6 is 10.8 Å². The first-order valence-corrected chi connectivity index (χ1v) is 12.2. The Hall–Kier alpha value is -3.15. The van der Waals surface area contributed by atoms with Gasteiger partial charge in [-0.15, -0.1) is 10.2 Å². The molecule has 2 aromatic carbocycles. The van der Waals surface area contributed by atoms with Crippen molar-refractivity contribution in [1.82, 2.24) is 29.8 Å². The summed E-state index contributed by atoms with van der Waals surface area (Å²) in [7, 11) is -2.77. The minimum atomic E-state index is -2.77. The van der Waals surface area contributed by atoms with Gasteiger partial charge in [0.1, 0.15) is 10.6 Å². The van der Waals surface area contributed by atoms with Crippen LogP contribution in [0.4, 0.5) is 0 Å². The molecule has 0 amide bonds. The molecule has 3 heterocycles. The van der Waals surface area contributed by atoms with E-state index >= 15 is 0 Å². The van der Waals surface area contributed by atoms with Gasteiger partial charge in [-0.3, -0.25) is 4.98 Å². The lowest BCUT2D eigenvalue weighted by Crippen LogP contribution is -2.44. The minimum Gasteiger partial charge on any atom is -0.415 e. The average molecular weight is 466 g/mol. The molecule has 5 rings (SSSR count). The van der Waals surface area contributed by atoms with Crippen LogP contribution < -0.4 is 5.32 Å². The Balaban J connectivity index is 1.42. The van der Waals surface area contributed by atoms with E-state index < -0.39 is 10.8 Å². The van der Waals surface area contributed by atoms with Gasteiger partial charge >= 0.3 is 0 Å². The van der Waals surface area contributed by atoms with Crippen LogP contribution in [0, 0.1) is 6.92 Å². The molecule has 1 saturated heterocycles. The first-order chi connectivity index (χ1) is 16.0.